The minimum absolute atomic E-state index is 0. The molecule has 0 N–H and O–H groups in total. The smallest absolute Gasteiger partial charge is 0 e. The van der Waals surface area contributed by atoms with Crippen LogP contribution in [0.5, 0.6) is 0 Å². The first-order valence-corrected chi connectivity index (χ1v) is 3.00. The van der Waals surface area contributed by atoms with Gasteiger partial charge in [0, 0.05) is 16.8 Å². The number of hydrogen-bond donors (Lipinski definition) is 0. The van der Waals surface area contributed by atoms with Gasteiger partial charge in [0.15, 0.2) is 0 Å². The van der Waals surface area contributed by atoms with Crippen molar-refractivity contribution in [1.82, 2.24) is 0 Å². The fourth-order valence-electron chi connectivity index (χ4n) is 0. The van der Waals surface area contributed by atoms with Crippen LogP contribution in [0, 0.1) is 0 Å². The first-order chi connectivity index (χ1) is 1.00. The van der Waals surface area contributed by atoms with Crippen LogP contribution in [0.15, 0.2) is 0 Å². The highest BCUT2D eigenvalue weighted by Gasteiger charge is 0.882. The lowest BCUT2D eigenvalue weighted by atomic mass is 10.8. The summed E-state index contributed by atoms with van der Waals surface area (Å²) in [5, 5.41) is 0. The van der Waals surface area contributed by atoms with Gasteiger partial charge in [-0.05, 0) is 0 Å². The van der Waals surface area contributed by atoms with E-state index in [-0.39, 0.29) is 51.5 Å². The normalized spacial score (nSPS) is 0.750. The second kappa shape index (κ2) is 159. The summed E-state index contributed by atoms with van der Waals surface area (Å²) < 4.78 is 0. The van der Waals surface area contributed by atoms with Crippen LogP contribution in [0.4, 0.5) is 0 Å². The zero-order chi connectivity index (χ0) is 2.00. The average Bonchev–Trinajstić information content (AvgIpc) is 1.00. The van der Waals surface area contributed by atoms with Gasteiger partial charge in [0.1, 0.15) is 0 Å². The minimum atomic E-state index is 0. The molecule has 0 aromatic heterocycles. The molecule has 6 radical (unpaired) electrons. The Morgan fingerprint density at radius 2 is 0.625 bits per heavy atom. The lowest BCUT2D eigenvalue weighted by molar-refractivity contribution is 2.50. The van der Waals surface area contributed by atoms with Crippen molar-refractivity contribution in [2.75, 3.05) is 0 Å². The van der Waals surface area contributed by atoms with Gasteiger partial charge >= 0.3 is 0 Å². The summed E-state index contributed by atoms with van der Waals surface area (Å²) in [7, 11) is 4.67. The maximum atomic E-state index is 2.33. The van der Waals surface area contributed by atoms with Gasteiger partial charge in [0.2, 0.25) is 0 Å². The summed E-state index contributed by atoms with van der Waals surface area (Å²) in [4.78, 5) is 0. The number of hydrogen-bond acceptors (Lipinski definition) is 0. The maximum absolute atomic E-state index is 2.33. The molecule has 0 aromatic rings. The molecule has 0 saturated carbocycles. The van der Waals surface area contributed by atoms with E-state index >= 15 is 0 Å². The van der Waals surface area contributed by atoms with Gasteiger partial charge in [0.05, 0.1) is 0 Å². The molecule has 0 nitrogen and oxygen atoms in total. The lowest BCUT2D eigenvalue weighted by Crippen LogP contribution is -0.382. The Balaban J connectivity index is -0.000000000333. The summed E-state index contributed by atoms with van der Waals surface area (Å²) in [6.07, 6.45) is 0. The van der Waals surface area contributed by atoms with Gasteiger partial charge in [-0.1, -0.05) is 14.9 Å². The first kappa shape index (κ1) is 95.0. The summed E-state index contributed by atoms with van der Waals surface area (Å²) in [6, 6.07) is 0. The predicted octanol–water partition coefficient (Wildman–Crippen LogP) is 1.28. The Kier molecular flexibility index (Phi) is 1890. The fraction of sp³-hybridized carbons (Fsp3) is 1.00. The molecule has 0 aliphatic carbocycles. The van der Waals surface area contributed by atoms with E-state index in [0.717, 1.165) is 0 Å². The average molecular weight is 188 g/mol. The first-order valence-electron chi connectivity index (χ1n) is 0.333. The summed E-state index contributed by atoms with van der Waals surface area (Å²) in [5.74, 6) is 0. The summed E-state index contributed by atoms with van der Waals surface area (Å²) in [5.41, 5.74) is 0. The molecule has 0 aromatic carbocycles. The molecule has 0 spiro atoms. The molecule has 0 heterocycles. The van der Waals surface area contributed by atoms with Crippen LogP contribution >= 0.6 is 37.7 Å². The van der Waals surface area contributed by atoms with Crippen LogP contribution in [-0.4, -0.2) is 16.8 Å². The zero-order valence-corrected chi connectivity index (χ0v) is 8.86. The monoisotopic (exact) mass is 188 g/mol. The van der Waals surface area contributed by atoms with Gasteiger partial charge in [-0.15, -0.1) is 17.9 Å². The van der Waals surface area contributed by atoms with E-state index in [1.165, 1.54) is 0 Å². The Morgan fingerprint density at radius 1 is 0.625 bits per heavy atom. The summed E-state index contributed by atoms with van der Waals surface area (Å²) >= 11 is 0. The van der Waals surface area contributed by atoms with Crippen molar-refractivity contribution in [2.24, 2.45) is 0 Å². The van der Waals surface area contributed by atoms with Crippen molar-refractivity contribution in [3.63, 3.8) is 0 Å². The molecular formula is C2H18B2P4. The molecule has 8 heavy (non-hydrogen) atoms. The molecule has 0 aliphatic rings. The summed E-state index contributed by atoms with van der Waals surface area (Å²) in [6.45, 7) is 0. The van der Waals surface area contributed by atoms with Crippen molar-refractivity contribution in [1.29, 1.82) is 0 Å². The standard InChI is InChI=1S/2CH4.2B.H4P2.2H3P/c;;;;1-2;;/h2*1H4;;;1-2H2;2*1H3. The molecule has 0 amide bonds. The lowest BCUT2D eigenvalue weighted by Gasteiger charge is -1.12. The van der Waals surface area contributed by atoms with Gasteiger partial charge in [-0.3, -0.25) is 0 Å². The van der Waals surface area contributed by atoms with E-state index in [2.05, 4.69) is 17.9 Å². The molecule has 0 saturated heterocycles. The predicted molar refractivity (Wildman–Crippen MR) is 66.6 cm³/mol. The second-order valence-electron chi connectivity index (χ2n) is 0. The van der Waals surface area contributed by atoms with Gasteiger partial charge in [-0.2, -0.15) is 19.8 Å². The molecule has 52 valence electrons. The number of rotatable bonds is 0. The Morgan fingerprint density at radius 3 is 0.625 bits per heavy atom. The van der Waals surface area contributed by atoms with E-state index in [0.29, 0.717) is 0 Å². The van der Waals surface area contributed by atoms with Crippen molar-refractivity contribution in [2.45, 2.75) is 14.9 Å². The van der Waals surface area contributed by atoms with Gasteiger partial charge < -0.3 is 0 Å². The largest absolute Gasteiger partial charge is 0.153 e. The maximum Gasteiger partial charge on any atom is 0 e. The van der Waals surface area contributed by atoms with Crippen LogP contribution in [0.1, 0.15) is 14.9 Å². The molecule has 0 fully saturated rings. The van der Waals surface area contributed by atoms with E-state index in [1.807, 2.05) is 0 Å². The third kappa shape index (κ3) is 108. The van der Waals surface area contributed by atoms with Crippen molar-refractivity contribution >= 4 is 54.5 Å². The molecular weight excluding hydrogens is 170 g/mol. The molecule has 4 unspecified atom stereocenters. The Labute approximate surface area is 69.8 Å². The van der Waals surface area contributed by atoms with Crippen LogP contribution in [0.3, 0.4) is 0 Å². The third-order valence-electron chi connectivity index (χ3n) is 0. The molecule has 0 bridgehead atoms. The van der Waals surface area contributed by atoms with Gasteiger partial charge in [-0.25, -0.2) is 0 Å². The van der Waals surface area contributed by atoms with Crippen LogP contribution in [0.2, 0.25) is 0 Å². The minimum Gasteiger partial charge on any atom is -0.153 e. The Hall–Kier alpha value is 1.85. The third-order valence-corrected chi connectivity index (χ3v) is 0. The van der Waals surface area contributed by atoms with Crippen LogP contribution < -0.4 is 0 Å². The van der Waals surface area contributed by atoms with Crippen molar-refractivity contribution in [3.05, 3.63) is 0 Å². The highest BCUT2D eigenvalue weighted by Crippen LogP contribution is 1.86. The second-order valence-corrected chi connectivity index (χ2v) is 0. The van der Waals surface area contributed by atoms with Gasteiger partial charge in [0.25, 0.3) is 0 Å². The topological polar surface area (TPSA) is 0 Å². The molecule has 0 rings (SSSR count). The Bertz CT molecular complexity index is 12.0. The van der Waals surface area contributed by atoms with Crippen LogP contribution in [0.25, 0.3) is 0 Å². The molecule has 4 atom stereocenters. The fourth-order valence-corrected chi connectivity index (χ4v) is 0. The molecule has 0 aliphatic heterocycles. The SMILES string of the molecule is C.C.P.P.PP.[B].[B]. The van der Waals surface area contributed by atoms with Crippen molar-refractivity contribution in [3.8, 4) is 0 Å². The molecule has 6 heteroatoms. The highest BCUT2D eigenvalue weighted by molar-refractivity contribution is 7.92. The van der Waals surface area contributed by atoms with E-state index in [9.17, 15) is 0 Å². The van der Waals surface area contributed by atoms with E-state index in [4.69, 9.17) is 0 Å². The van der Waals surface area contributed by atoms with E-state index in [1.54, 1.807) is 0 Å². The van der Waals surface area contributed by atoms with E-state index < -0.39 is 0 Å². The zero-order valence-electron chi connectivity index (χ0n) is 3.72. The quantitative estimate of drug-likeness (QED) is 0.396. The van der Waals surface area contributed by atoms with Crippen LogP contribution in [-0.2, 0) is 0 Å². The van der Waals surface area contributed by atoms with Crippen molar-refractivity contribution < 1.29 is 0 Å². The highest BCUT2D eigenvalue weighted by atomic mass is 32.0.